The number of nitrogens with zero attached hydrogens (tertiary/aromatic N) is 1. The fourth-order valence-corrected chi connectivity index (χ4v) is 2.82. The molecule has 1 aliphatic rings. The Kier molecular flexibility index (Phi) is 4.95. The molecule has 110 valence electrons. The number of Topliss-reactive ketones (excluding diaryl/α,β-unsaturated/α-hetero) is 1. The van der Waals surface area contributed by atoms with Crippen LogP contribution in [0.4, 0.5) is 0 Å². The summed E-state index contributed by atoms with van der Waals surface area (Å²) in [5.41, 5.74) is 3.06. The number of ether oxygens (including phenoxy) is 1. The summed E-state index contributed by atoms with van der Waals surface area (Å²) < 4.78 is 5.40. The second-order valence-electron chi connectivity index (χ2n) is 5.87. The minimum absolute atomic E-state index is 0.0846. The molecule has 1 atom stereocenters. The lowest BCUT2D eigenvalue weighted by Gasteiger charge is -2.35. The molecule has 1 heterocycles. The number of ketones is 1. The highest BCUT2D eigenvalue weighted by Crippen LogP contribution is 2.19. The summed E-state index contributed by atoms with van der Waals surface area (Å²) in [5, 5.41) is 0. The van der Waals surface area contributed by atoms with Crippen molar-refractivity contribution in [1.29, 1.82) is 0 Å². The summed E-state index contributed by atoms with van der Waals surface area (Å²) >= 11 is 0. The van der Waals surface area contributed by atoms with Gasteiger partial charge in [-0.3, -0.25) is 9.69 Å². The molecule has 1 aromatic carbocycles. The highest BCUT2D eigenvalue weighted by Gasteiger charge is 2.27. The third-order valence-corrected chi connectivity index (χ3v) is 4.42. The molecule has 0 N–H and O–H groups in total. The SMILES string of the molecule is Cc1ccc(C)c(C(=O)C(C)N(C)C2CCOCC2)c1. The molecule has 1 saturated heterocycles. The summed E-state index contributed by atoms with van der Waals surface area (Å²) in [7, 11) is 2.06. The zero-order chi connectivity index (χ0) is 14.7. The fraction of sp³-hybridized carbons (Fsp3) is 0.588. The average molecular weight is 275 g/mol. The number of benzene rings is 1. The number of hydrogen-bond donors (Lipinski definition) is 0. The second kappa shape index (κ2) is 6.51. The molecule has 3 nitrogen and oxygen atoms in total. The average Bonchev–Trinajstić information content (AvgIpc) is 2.48. The van der Waals surface area contributed by atoms with Crippen molar-refractivity contribution in [1.82, 2.24) is 4.90 Å². The minimum atomic E-state index is -0.0846. The lowest BCUT2D eigenvalue weighted by molar-refractivity contribution is 0.0301. The first-order valence-corrected chi connectivity index (χ1v) is 7.42. The van der Waals surface area contributed by atoms with Gasteiger partial charge >= 0.3 is 0 Å². The Morgan fingerprint density at radius 1 is 1.30 bits per heavy atom. The van der Waals surface area contributed by atoms with Gasteiger partial charge in [0.1, 0.15) is 0 Å². The summed E-state index contributed by atoms with van der Waals surface area (Å²) in [5.74, 6) is 0.222. The number of likely N-dealkylation sites (N-methyl/N-ethyl adjacent to an activating group) is 1. The van der Waals surface area contributed by atoms with Crippen LogP contribution in [0.2, 0.25) is 0 Å². The number of hydrogen-bond acceptors (Lipinski definition) is 3. The van der Waals surface area contributed by atoms with E-state index in [0.717, 1.165) is 42.7 Å². The Bertz CT molecular complexity index is 478. The van der Waals surface area contributed by atoms with Gasteiger partial charge in [-0.2, -0.15) is 0 Å². The number of aryl methyl sites for hydroxylation is 2. The predicted octanol–water partition coefficient (Wildman–Crippen LogP) is 2.99. The maximum atomic E-state index is 12.7. The summed E-state index contributed by atoms with van der Waals surface area (Å²) in [6.45, 7) is 7.66. The number of carbonyl (C=O) groups is 1. The molecule has 0 spiro atoms. The minimum Gasteiger partial charge on any atom is -0.381 e. The van der Waals surface area contributed by atoms with Crippen LogP contribution in [0.1, 0.15) is 41.3 Å². The van der Waals surface area contributed by atoms with Crippen LogP contribution in [-0.4, -0.2) is 43.0 Å². The van der Waals surface area contributed by atoms with E-state index >= 15 is 0 Å². The molecular formula is C17H25NO2. The fourth-order valence-electron chi connectivity index (χ4n) is 2.82. The van der Waals surface area contributed by atoms with Gasteiger partial charge in [0.25, 0.3) is 0 Å². The van der Waals surface area contributed by atoms with E-state index in [-0.39, 0.29) is 11.8 Å². The van der Waals surface area contributed by atoms with E-state index in [2.05, 4.69) is 18.0 Å². The summed E-state index contributed by atoms with van der Waals surface area (Å²) in [6.07, 6.45) is 2.03. The molecule has 0 saturated carbocycles. The molecule has 0 radical (unpaired) electrons. The molecule has 1 fully saturated rings. The van der Waals surface area contributed by atoms with Gasteiger partial charge in [0.05, 0.1) is 6.04 Å². The van der Waals surface area contributed by atoms with E-state index in [9.17, 15) is 4.79 Å². The van der Waals surface area contributed by atoms with E-state index in [4.69, 9.17) is 4.74 Å². The molecule has 0 amide bonds. The van der Waals surface area contributed by atoms with Gasteiger partial charge in [0, 0.05) is 24.8 Å². The first-order chi connectivity index (χ1) is 9.50. The zero-order valence-corrected chi connectivity index (χ0v) is 13.0. The van der Waals surface area contributed by atoms with Crippen molar-refractivity contribution in [2.24, 2.45) is 0 Å². The van der Waals surface area contributed by atoms with Crippen LogP contribution in [0, 0.1) is 13.8 Å². The maximum absolute atomic E-state index is 12.7. The standard InChI is InChI=1S/C17H25NO2/c1-12-5-6-13(2)16(11-12)17(19)14(3)18(4)15-7-9-20-10-8-15/h5-6,11,14-15H,7-10H2,1-4H3. The largest absolute Gasteiger partial charge is 0.381 e. The highest BCUT2D eigenvalue weighted by atomic mass is 16.5. The number of carbonyl (C=O) groups excluding carboxylic acids is 1. The van der Waals surface area contributed by atoms with Crippen LogP contribution in [0.15, 0.2) is 18.2 Å². The molecule has 1 aliphatic heterocycles. The Hall–Kier alpha value is -1.19. The summed E-state index contributed by atoms with van der Waals surface area (Å²) in [6, 6.07) is 6.46. The van der Waals surface area contributed by atoms with Gasteiger partial charge < -0.3 is 4.74 Å². The molecule has 1 aromatic rings. The van der Waals surface area contributed by atoms with Gasteiger partial charge in [-0.25, -0.2) is 0 Å². The van der Waals surface area contributed by atoms with Crippen LogP contribution in [0.25, 0.3) is 0 Å². The smallest absolute Gasteiger partial charge is 0.179 e. The normalized spacial score (nSPS) is 18.2. The number of rotatable bonds is 4. The van der Waals surface area contributed by atoms with Gasteiger partial charge in [-0.15, -0.1) is 0 Å². The van der Waals surface area contributed by atoms with E-state index < -0.39 is 0 Å². The van der Waals surface area contributed by atoms with Crippen molar-refractivity contribution in [3.05, 3.63) is 34.9 Å². The quantitative estimate of drug-likeness (QED) is 0.791. The molecule has 1 unspecified atom stereocenters. The van der Waals surface area contributed by atoms with Crippen LogP contribution in [-0.2, 0) is 4.74 Å². The van der Waals surface area contributed by atoms with Crippen molar-refractivity contribution >= 4 is 5.78 Å². The van der Waals surface area contributed by atoms with Crippen LogP contribution in [0.5, 0.6) is 0 Å². The third kappa shape index (κ3) is 3.28. The van der Waals surface area contributed by atoms with Crippen molar-refractivity contribution in [3.8, 4) is 0 Å². The Morgan fingerprint density at radius 3 is 2.60 bits per heavy atom. The lowest BCUT2D eigenvalue weighted by atomic mass is 9.96. The van der Waals surface area contributed by atoms with Crippen LogP contribution in [0.3, 0.4) is 0 Å². The third-order valence-electron chi connectivity index (χ3n) is 4.42. The second-order valence-corrected chi connectivity index (χ2v) is 5.87. The highest BCUT2D eigenvalue weighted by molar-refractivity contribution is 6.01. The molecule has 0 aromatic heterocycles. The molecular weight excluding hydrogens is 250 g/mol. The van der Waals surface area contributed by atoms with Crippen molar-refractivity contribution in [2.45, 2.75) is 45.7 Å². The Balaban J connectivity index is 2.12. The lowest BCUT2D eigenvalue weighted by Crippen LogP contribution is -2.45. The topological polar surface area (TPSA) is 29.5 Å². The first kappa shape index (κ1) is 15.2. The Morgan fingerprint density at radius 2 is 1.95 bits per heavy atom. The molecule has 3 heteroatoms. The van der Waals surface area contributed by atoms with E-state index in [0.29, 0.717) is 6.04 Å². The van der Waals surface area contributed by atoms with E-state index in [1.54, 1.807) is 0 Å². The predicted molar refractivity (Wildman–Crippen MR) is 81.3 cm³/mol. The van der Waals surface area contributed by atoms with E-state index in [1.165, 1.54) is 0 Å². The molecule has 0 bridgehead atoms. The van der Waals surface area contributed by atoms with Crippen LogP contribution < -0.4 is 0 Å². The van der Waals surface area contributed by atoms with E-state index in [1.807, 2.05) is 32.9 Å². The van der Waals surface area contributed by atoms with Gasteiger partial charge in [-0.1, -0.05) is 17.7 Å². The Labute approximate surface area is 121 Å². The zero-order valence-electron chi connectivity index (χ0n) is 13.0. The van der Waals surface area contributed by atoms with Gasteiger partial charge in [0.15, 0.2) is 5.78 Å². The maximum Gasteiger partial charge on any atom is 0.179 e. The summed E-state index contributed by atoms with van der Waals surface area (Å²) in [4.78, 5) is 14.9. The van der Waals surface area contributed by atoms with Gasteiger partial charge in [0.2, 0.25) is 0 Å². The molecule has 0 aliphatic carbocycles. The first-order valence-electron chi connectivity index (χ1n) is 7.42. The van der Waals surface area contributed by atoms with Crippen molar-refractivity contribution < 1.29 is 9.53 Å². The monoisotopic (exact) mass is 275 g/mol. The van der Waals surface area contributed by atoms with Crippen LogP contribution >= 0.6 is 0 Å². The van der Waals surface area contributed by atoms with Gasteiger partial charge in [-0.05, 0) is 52.3 Å². The van der Waals surface area contributed by atoms with Crippen molar-refractivity contribution in [3.63, 3.8) is 0 Å². The molecule has 2 rings (SSSR count). The van der Waals surface area contributed by atoms with Crippen molar-refractivity contribution in [2.75, 3.05) is 20.3 Å². The molecule has 20 heavy (non-hydrogen) atoms.